The van der Waals surface area contributed by atoms with Crippen molar-refractivity contribution in [2.75, 3.05) is 179 Å². The van der Waals surface area contributed by atoms with E-state index in [4.69, 9.17) is 59.8 Å². The predicted octanol–water partition coefficient (Wildman–Crippen LogP) is 13.8. The fraction of sp³-hybridized carbons (Fsp3) is 0.621. The van der Waals surface area contributed by atoms with Crippen molar-refractivity contribution in [1.29, 1.82) is 0 Å². The van der Waals surface area contributed by atoms with E-state index < -0.39 is 0 Å². The summed E-state index contributed by atoms with van der Waals surface area (Å²) in [6.45, 7) is 29.8. The van der Waals surface area contributed by atoms with Gasteiger partial charge in [-0.15, -0.1) is 0 Å². The van der Waals surface area contributed by atoms with Crippen molar-refractivity contribution in [3.8, 4) is 0 Å². The maximum absolute atomic E-state index is 4.96. The van der Waals surface area contributed by atoms with E-state index in [1.807, 2.05) is 52.5 Å². The van der Waals surface area contributed by atoms with E-state index in [-0.39, 0.29) is 0 Å². The van der Waals surface area contributed by atoms with Gasteiger partial charge in [-0.25, -0.2) is 39.9 Å². The van der Waals surface area contributed by atoms with Crippen molar-refractivity contribution in [2.45, 2.75) is 224 Å². The molecule has 8 aromatic heterocycles. The number of hydrogen-bond acceptors (Lipinski definition) is 24. The van der Waals surface area contributed by atoms with Gasteiger partial charge in [0.15, 0.2) is 0 Å². The number of pyridine rings is 4. The van der Waals surface area contributed by atoms with Crippen molar-refractivity contribution in [2.24, 2.45) is 0 Å². The molecule has 8 atom stereocenters. The van der Waals surface area contributed by atoms with Crippen LogP contribution in [0.4, 0.5) is 23.3 Å². The molecule has 20 rings (SSSR count). The molecule has 8 aliphatic heterocycles. The monoisotopic (exact) mass is 1610 g/mol. The zero-order chi connectivity index (χ0) is 81.3. The summed E-state index contributed by atoms with van der Waals surface area (Å²) in [5.74, 6) is 8.02. The lowest BCUT2D eigenvalue weighted by Gasteiger charge is -2.43. The predicted molar refractivity (Wildman–Crippen MR) is 474 cm³/mol. The molecule has 0 saturated carbocycles. The molecule has 12 aliphatic rings. The number of likely N-dealkylation sites (N-methyl/N-ethyl adjacent to an activating group) is 4. The summed E-state index contributed by atoms with van der Waals surface area (Å²) in [6, 6.07) is 29.7. The van der Waals surface area contributed by atoms with Crippen LogP contribution in [0, 0.1) is 27.7 Å². The topological polar surface area (TPSA) is 194 Å². The van der Waals surface area contributed by atoms with Crippen LogP contribution in [-0.4, -0.2) is 258 Å². The van der Waals surface area contributed by atoms with Crippen molar-refractivity contribution in [1.82, 2.24) is 99.0 Å². The lowest BCUT2D eigenvalue weighted by molar-refractivity contribution is 0.0786. The van der Waals surface area contributed by atoms with Crippen molar-refractivity contribution >= 4 is 23.3 Å². The van der Waals surface area contributed by atoms with Crippen LogP contribution in [0.15, 0.2) is 97.6 Å². The van der Waals surface area contributed by atoms with E-state index in [1.54, 1.807) is 0 Å². The lowest BCUT2D eigenvalue weighted by atomic mass is 9.87. The smallest absolute Gasteiger partial charge is 0.132 e. The molecule has 0 unspecified atom stereocenters. The van der Waals surface area contributed by atoms with Crippen LogP contribution in [0.2, 0.25) is 0 Å². The molecule has 8 saturated heterocycles. The number of anilines is 4. The molecular weight excluding hydrogens is 1480 g/mol. The molecule has 24 nitrogen and oxygen atoms in total. The molecule has 0 spiro atoms. The number of fused-ring (bicyclic) bond motifs is 4. The first kappa shape index (κ1) is 83.1. The summed E-state index contributed by atoms with van der Waals surface area (Å²) in [6.07, 6.45) is 35.9. The van der Waals surface area contributed by atoms with Crippen LogP contribution in [0.3, 0.4) is 0 Å². The highest BCUT2D eigenvalue weighted by Crippen LogP contribution is 2.48. The van der Waals surface area contributed by atoms with Crippen molar-refractivity contribution in [3.63, 3.8) is 0 Å². The number of aryl methyl sites for hydroxylation is 8. The van der Waals surface area contributed by atoms with Gasteiger partial charge >= 0.3 is 0 Å². The minimum absolute atomic E-state index is 0.365. The summed E-state index contributed by atoms with van der Waals surface area (Å²) in [4.78, 5) is 88.4. The Kier molecular flexibility index (Phi) is 27.2. The van der Waals surface area contributed by atoms with Gasteiger partial charge in [0.1, 0.15) is 46.6 Å². The number of piperidine rings is 3. The Morgan fingerprint density at radius 2 is 0.454 bits per heavy atom. The van der Waals surface area contributed by atoms with E-state index in [0.717, 1.165) is 177 Å². The highest BCUT2D eigenvalue weighted by atomic mass is 15.3. The number of piperazine rings is 4. The quantitative estimate of drug-likeness (QED) is 0.112. The van der Waals surface area contributed by atoms with E-state index in [2.05, 4.69) is 160 Å². The Balaban J connectivity index is 0.000000113. The first-order chi connectivity index (χ1) is 58.2. The van der Waals surface area contributed by atoms with E-state index in [1.165, 1.54) is 215 Å². The van der Waals surface area contributed by atoms with E-state index >= 15 is 0 Å². The summed E-state index contributed by atoms with van der Waals surface area (Å²) in [5, 5.41) is 0. The largest absolute Gasteiger partial charge is 0.354 e. The Morgan fingerprint density at radius 3 is 0.697 bits per heavy atom. The van der Waals surface area contributed by atoms with Gasteiger partial charge in [-0.2, -0.15) is 0 Å². The SMILES string of the molecule is Cc1nc([C@@H]2CCCCN2[C@H]2CCCc3cccnc32)cc(N2CCN(C)CC2)n1.Cc1nc([C@H]2CCCCN2[C@@H]2CCCc3cccnc32)cc(N2CCN(C)CC2)n1.Cc1nc([C@H]2CCCCN2[C@H]2CCCc3cccnc32)cc(N2CCN(C)CC2)n1.Cc1nc([C@H]2CCCN2[C@H]2CCCc3cccnc32)cc(N2CCN(C)CC2)n1. The third kappa shape index (κ3) is 19.7. The van der Waals surface area contributed by atoms with Crippen LogP contribution >= 0.6 is 0 Å². The molecule has 8 fully saturated rings. The summed E-state index contributed by atoms with van der Waals surface area (Å²) < 4.78 is 0. The lowest BCUT2D eigenvalue weighted by Crippen LogP contribution is -2.45. The molecule has 16 heterocycles. The fourth-order valence-corrected chi connectivity index (χ4v) is 21.8. The summed E-state index contributed by atoms with van der Waals surface area (Å²) >= 11 is 0. The van der Waals surface area contributed by atoms with Gasteiger partial charge in [-0.3, -0.25) is 39.5 Å². The third-order valence-corrected chi connectivity index (χ3v) is 28.2. The van der Waals surface area contributed by atoms with Crippen molar-refractivity contribution in [3.05, 3.63) is 189 Å². The molecule has 24 heteroatoms. The maximum Gasteiger partial charge on any atom is 0.132 e. The first-order valence-electron chi connectivity index (χ1n) is 46.2. The van der Waals surface area contributed by atoms with Crippen LogP contribution in [0.5, 0.6) is 0 Å². The molecule has 0 N–H and O–H groups in total. The Hall–Kier alpha value is -8.20. The Morgan fingerprint density at radius 1 is 0.235 bits per heavy atom. The minimum atomic E-state index is 0.365. The van der Waals surface area contributed by atoms with Gasteiger partial charge in [-0.1, -0.05) is 43.5 Å². The molecule has 0 bridgehead atoms. The summed E-state index contributed by atoms with van der Waals surface area (Å²) in [7, 11) is 8.79. The average molecular weight is 1610 g/mol. The van der Waals surface area contributed by atoms with Gasteiger partial charge in [0, 0.05) is 154 Å². The first-order valence-corrected chi connectivity index (χ1v) is 46.2. The average Bonchev–Trinajstić information content (AvgIpc) is 1.73. The zero-order valence-electron chi connectivity index (χ0n) is 73.0. The number of rotatable bonds is 12. The van der Waals surface area contributed by atoms with Gasteiger partial charge in [0.05, 0.1) is 93.9 Å². The summed E-state index contributed by atoms with van der Waals surface area (Å²) in [5.41, 5.74) is 15.8. The van der Waals surface area contributed by atoms with Gasteiger partial charge in [-0.05, 0) is 257 Å². The molecule has 119 heavy (non-hydrogen) atoms. The third-order valence-electron chi connectivity index (χ3n) is 28.2. The highest BCUT2D eigenvalue weighted by Gasteiger charge is 2.41. The molecule has 0 amide bonds. The Labute approximate surface area is 709 Å². The minimum Gasteiger partial charge on any atom is -0.354 e. The second-order valence-electron chi connectivity index (χ2n) is 36.4. The second-order valence-corrected chi connectivity index (χ2v) is 36.4. The fourth-order valence-electron chi connectivity index (χ4n) is 21.8. The standard InChI is InChI=1S/3C24H34N6.C23H32N6/c3*1-18-26-20(17-23(27-18)29-15-13-28(2)14-16-29)21-9-3-4-12-30(21)22-10-5-7-19-8-6-11-25-24(19)22;1-17-25-19(16-22(26-17)28-14-12-27(2)13-15-28)20-9-5-11-29(20)21-8-3-6-18-7-4-10-24-23(18)21/h3*6,8,11,17,21-22H,3-5,7,9-10,12-16H2,1-2H3;4,7,10,16,20-21H,3,5-6,8-9,11-15H2,1-2H3/t21-,22+;2*21-,22-;20-,21+/m1101/s1. The van der Waals surface area contributed by atoms with Crippen LogP contribution in [0.25, 0.3) is 0 Å². The van der Waals surface area contributed by atoms with E-state index in [0.29, 0.717) is 48.3 Å². The van der Waals surface area contributed by atoms with Gasteiger partial charge < -0.3 is 39.2 Å². The number of nitrogens with zero attached hydrogens (tertiary/aromatic N) is 24. The van der Waals surface area contributed by atoms with Crippen LogP contribution in [-0.2, 0) is 25.7 Å². The molecule has 0 aromatic carbocycles. The normalized spacial score (nSPS) is 25.9. The number of hydrogen-bond donors (Lipinski definition) is 0. The maximum atomic E-state index is 4.96. The molecular formula is C95H134N24. The number of likely N-dealkylation sites (tertiary alicyclic amines) is 4. The second kappa shape index (κ2) is 38.9. The van der Waals surface area contributed by atoms with Gasteiger partial charge in [0.25, 0.3) is 0 Å². The van der Waals surface area contributed by atoms with Crippen molar-refractivity contribution < 1.29 is 0 Å². The van der Waals surface area contributed by atoms with E-state index in [9.17, 15) is 0 Å². The molecule has 4 aliphatic carbocycles. The zero-order valence-corrected chi connectivity index (χ0v) is 73.0. The van der Waals surface area contributed by atoms with Gasteiger partial charge in [0.2, 0.25) is 0 Å². The molecule has 634 valence electrons. The molecule has 8 aromatic rings. The Bertz CT molecular complexity index is 4300. The van der Waals surface area contributed by atoms with Crippen LogP contribution < -0.4 is 19.6 Å². The van der Waals surface area contributed by atoms with Crippen LogP contribution in [0.1, 0.15) is 261 Å². The number of aromatic nitrogens is 12. The highest BCUT2D eigenvalue weighted by molar-refractivity contribution is 5.46. The molecule has 0 radical (unpaired) electrons.